The number of rotatable bonds is 7. The number of aromatic nitrogens is 1. The minimum absolute atomic E-state index is 0.166. The van der Waals surface area contributed by atoms with Gasteiger partial charge in [0.15, 0.2) is 0 Å². The van der Waals surface area contributed by atoms with E-state index in [4.69, 9.17) is 0 Å². The number of hydrogen-bond acceptors (Lipinski definition) is 4. The van der Waals surface area contributed by atoms with Crippen molar-refractivity contribution in [3.8, 4) is 0 Å². The minimum Gasteiger partial charge on any atom is -0.383 e. The van der Waals surface area contributed by atoms with E-state index >= 15 is 0 Å². The molecule has 0 saturated carbocycles. The summed E-state index contributed by atoms with van der Waals surface area (Å²) < 4.78 is 1.60. The van der Waals surface area contributed by atoms with Crippen molar-refractivity contribution in [3.63, 3.8) is 0 Å². The second-order valence-electron chi connectivity index (χ2n) is 7.55. The van der Waals surface area contributed by atoms with Crippen molar-refractivity contribution in [2.75, 3.05) is 5.32 Å². The number of nitrogens with one attached hydrogen (secondary N) is 1. The lowest BCUT2D eigenvalue weighted by Crippen LogP contribution is -2.30. The third-order valence-electron chi connectivity index (χ3n) is 4.84. The molecular weight excluding hydrogens is 384 g/mol. The molecule has 1 amide bonds. The number of nitrogens with zero attached hydrogens (tertiary/aromatic N) is 1. The summed E-state index contributed by atoms with van der Waals surface area (Å²) in [5, 5.41) is 15.1. The van der Waals surface area contributed by atoms with Gasteiger partial charge in [0.2, 0.25) is 0 Å². The minimum atomic E-state index is -0.690. The second-order valence-corrected chi connectivity index (χ2v) is 8.53. The van der Waals surface area contributed by atoms with E-state index in [1.165, 1.54) is 11.3 Å². The van der Waals surface area contributed by atoms with Gasteiger partial charge >= 0.3 is 0 Å². The highest BCUT2D eigenvalue weighted by Crippen LogP contribution is 2.26. The molecule has 1 aromatic carbocycles. The van der Waals surface area contributed by atoms with Crippen LogP contribution in [0.5, 0.6) is 0 Å². The van der Waals surface area contributed by atoms with Crippen LogP contribution in [-0.4, -0.2) is 15.6 Å². The number of hydrogen-bond donors (Lipinski definition) is 2. The fourth-order valence-corrected chi connectivity index (χ4v) is 3.80. The van der Waals surface area contributed by atoms with Crippen LogP contribution in [0.3, 0.4) is 0 Å². The Morgan fingerprint density at radius 1 is 1.17 bits per heavy atom. The SMILES string of the molecule is Cc1ccn(CCC(C)C)c(=O)c1C(=O)Nc1ccc(C(O)c2cccs2)cc1. The van der Waals surface area contributed by atoms with Crippen molar-refractivity contribution in [2.45, 2.75) is 39.8 Å². The first-order valence-electron chi connectivity index (χ1n) is 9.69. The van der Waals surface area contributed by atoms with Crippen LogP contribution in [-0.2, 0) is 6.54 Å². The van der Waals surface area contributed by atoms with Crippen LogP contribution in [0.1, 0.15) is 52.7 Å². The number of benzene rings is 1. The van der Waals surface area contributed by atoms with E-state index in [0.29, 0.717) is 23.7 Å². The summed E-state index contributed by atoms with van der Waals surface area (Å²) in [7, 11) is 0. The number of carbonyl (C=O) groups is 1. The topological polar surface area (TPSA) is 71.3 Å². The van der Waals surface area contributed by atoms with Crippen LogP contribution >= 0.6 is 11.3 Å². The fraction of sp³-hybridized carbons (Fsp3) is 0.304. The van der Waals surface area contributed by atoms with Gasteiger partial charge in [0.1, 0.15) is 11.7 Å². The number of aryl methyl sites for hydroxylation is 2. The molecule has 0 saturated heterocycles. The molecule has 0 spiro atoms. The van der Waals surface area contributed by atoms with E-state index in [0.717, 1.165) is 16.9 Å². The summed E-state index contributed by atoms with van der Waals surface area (Å²) in [5.74, 6) is 0.0569. The molecule has 3 aromatic rings. The second kappa shape index (κ2) is 9.20. The van der Waals surface area contributed by atoms with Gasteiger partial charge in [0, 0.05) is 23.3 Å². The Hall–Kier alpha value is -2.70. The molecule has 29 heavy (non-hydrogen) atoms. The summed E-state index contributed by atoms with van der Waals surface area (Å²) in [4.78, 5) is 26.4. The third kappa shape index (κ3) is 5.02. The van der Waals surface area contributed by atoms with Crippen LogP contribution in [0.2, 0.25) is 0 Å². The monoisotopic (exact) mass is 410 g/mol. The van der Waals surface area contributed by atoms with E-state index in [-0.39, 0.29) is 11.1 Å². The van der Waals surface area contributed by atoms with Crippen LogP contribution in [0.4, 0.5) is 5.69 Å². The van der Waals surface area contributed by atoms with E-state index in [1.54, 1.807) is 48.0 Å². The van der Waals surface area contributed by atoms with Crippen LogP contribution in [0.25, 0.3) is 0 Å². The molecule has 5 nitrogen and oxygen atoms in total. The van der Waals surface area contributed by atoms with Crippen molar-refractivity contribution < 1.29 is 9.90 Å². The maximum atomic E-state index is 12.8. The molecule has 2 heterocycles. The van der Waals surface area contributed by atoms with E-state index in [2.05, 4.69) is 19.2 Å². The van der Waals surface area contributed by atoms with Gasteiger partial charge in [-0.15, -0.1) is 11.3 Å². The molecular formula is C23H26N2O3S. The van der Waals surface area contributed by atoms with E-state index in [9.17, 15) is 14.7 Å². The zero-order chi connectivity index (χ0) is 21.0. The van der Waals surface area contributed by atoms with Crippen molar-refractivity contribution in [3.05, 3.63) is 86.0 Å². The molecule has 0 radical (unpaired) electrons. The molecule has 0 aliphatic heterocycles. The Balaban J connectivity index is 1.76. The lowest BCUT2D eigenvalue weighted by molar-refractivity contribution is 0.102. The highest BCUT2D eigenvalue weighted by atomic mass is 32.1. The Morgan fingerprint density at radius 2 is 1.90 bits per heavy atom. The normalized spacial score (nSPS) is 12.2. The zero-order valence-electron chi connectivity index (χ0n) is 16.9. The lowest BCUT2D eigenvalue weighted by Gasteiger charge is -2.13. The van der Waals surface area contributed by atoms with Crippen molar-refractivity contribution in [2.24, 2.45) is 5.92 Å². The number of carbonyl (C=O) groups excluding carboxylic acids is 1. The maximum absolute atomic E-state index is 12.8. The smallest absolute Gasteiger partial charge is 0.263 e. The number of anilines is 1. The summed E-state index contributed by atoms with van der Waals surface area (Å²) in [6.45, 7) is 6.56. The highest BCUT2D eigenvalue weighted by molar-refractivity contribution is 7.10. The van der Waals surface area contributed by atoms with Crippen LogP contribution in [0, 0.1) is 12.8 Å². The third-order valence-corrected chi connectivity index (χ3v) is 5.77. The Morgan fingerprint density at radius 3 is 2.52 bits per heavy atom. The molecule has 3 rings (SSSR count). The maximum Gasteiger partial charge on any atom is 0.263 e. The number of thiophene rings is 1. The summed E-state index contributed by atoms with van der Waals surface area (Å²) in [6.07, 6.45) is 1.93. The van der Waals surface area contributed by atoms with Gasteiger partial charge in [0.25, 0.3) is 11.5 Å². The molecule has 2 N–H and O–H groups in total. The number of amides is 1. The van der Waals surface area contributed by atoms with Crippen LogP contribution in [0.15, 0.2) is 58.8 Å². The Labute approximate surface area is 174 Å². The molecule has 0 fully saturated rings. The van der Waals surface area contributed by atoms with Gasteiger partial charge in [-0.1, -0.05) is 32.0 Å². The highest BCUT2D eigenvalue weighted by Gasteiger charge is 2.17. The number of aliphatic hydroxyl groups excluding tert-OH is 1. The van der Waals surface area contributed by atoms with Gasteiger partial charge < -0.3 is 15.0 Å². The zero-order valence-corrected chi connectivity index (χ0v) is 17.7. The summed E-state index contributed by atoms with van der Waals surface area (Å²) in [5.41, 5.74) is 1.87. The van der Waals surface area contributed by atoms with Crippen molar-refractivity contribution >= 4 is 22.9 Å². The van der Waals surface area contributed by atoms with Gasteiger partial charge in [-0.3, -0.25) is 9.59 Å². The standard InChI is InChI=1S/C23H26N2O3S/c1-15(2)10-12-25-13-11-16(3)20(23(25)28)22(27)24-18-8-6-17(7-9-18)21(26)19-5-4-14-29-19/h4-9,11,13-15,21,26H,10,12H2,1-3H3,(H,24,27). The van der Waals surface area contributed by atoms with Crippen LogP contribution < -0.4 is 10.9 Å². The molecule has 2 aromatic heterocycles. The molecule has 0 bridgehead atoms. The first kappa shape index (κ1) is 21.0. The predicted molar refractivity (Wildman–Crippen MR) is 118 cm³/mol. The average Bonchev–Trinajstić information content (AvgIpc) is 3.22. The molecule has 152 valence electrons. The Kier molecular flexibility index (Phi) is 6.67. The summed E-state index contributed by atoms with van der Waals surface area (Å²) in [6, 6.07) is 12.6. The van der Waals surface area contributed by atoms with Gasteiger partial charge in [-0.05, 0) is 60.0 Å². The molecule has 1 atom stereocenters. The molecule has 0 aliphatic carbocycles. The lowest BCUT2D eigenvalue weighted by atomic mass is 10.1. The molecule has 1 unspecified atom stereocenters. The van der Waals surface area contributed by atoms with E-state index in [1.807, 2.05) is 17.5 Å². The van der Waals surface area contributed by atoms with Crippen molar-refractivity contribution in [1.82, 2.24) is 4.57 Å². The first-order valence-corrected chi connectivity index (χ1v) is 10.6. The fourth-order valence-electron chi connectivity index (χ4n) is 3.07. The number of aliphatic hydroxyl groups is 1. The molecule has 0 aliphatic rings. The van der Waals surface area contributed by atoms with Gasteiger partial charge in [0.05, 0.1) is 0 Å². The quantitative estimate of drug-likeness (QED) is 0.598. The largest absolute Gasteiger partial charge is 0.383 e. The average molecular weight is 411 g/mol. The number of pyridine rings is 1. The molecule has 6 heteroatoms. The summed E-state index contributed by atoms with van der Waals surface area (Å²) >= 11 is 1.49. The first-order chi connectivity index (χ1) is 13.9. The van der Waals surface area contributed by atoms with Gasteiger partial charge in [-0.2, -0.15) is 0 Å². The predicted octanol–water partition coefficient (Wildman–Crippen LogP) is 4.60. The van der Waals surface area contributed by atoms with E-state index < -0.39 is 12.0 Å². The van der Waals surface area contributed by atoms with Crippen molar-refractivity contribution in [1.29, 1.82) is 0 Å². The Bertz CT molecular complexity index is 1020. The van der Waals surface area contributed by atoms with Gasteiger partial charge in [-0.25, -0.2) is 0 Å².